The minimum absolute atomic E-state index is 0.0837. The van der Waals surface area contributed by atoms with Gasteiger partial charge in [-0.3, -0.25) is 4.79 Å². The molecular weight excluding hydrogens is 226 g/mol. The van der Waals surface area contributed by atoms with Crippen molar-refractivity contribution in [3.8, 4) is 0 Å². The largest absolute Gasteiger partial charge is 0.350 e. The van der Waals surface area contributed by atoms with E-state index in [0.717, 1.165) is 32.6 Å². The first-order chi connectivity index (χ1) is 8.45. The number of carbonyl (C=O) groups is 1. The smallest absolute Gasteiger partial charge is 0.234 e. The lowest BCUT2D eigenvalue weighted by Gasteiger charge is -2.25. The molecule has 4 heteroatoms. The summed E-state index contributed by atoms with van der Waals surface area (Å²) in [5.41, 5.74) is -0.101. The molecule has 0 saturated carbocycles. The molecule has 1 amide bonds. The zero-order valence-electron chi connectivity index (χ0n) is 12.8. The van der Waals surface area contributed by atoms with Crippen LogP contribution in [0.4, 0.5) is 0 Å². The standard InChI is InChI=1S/C14H31N3O/c1-6-10-17(8-3)11-9-15-12-13(18)16-14(4,5)7-2/h15H,6-12H2,1-5H3,(H,16,18). The molecule has 2 N–H and O–H groups in total. The van der Waals surface area contributed by atoms with Crippen LogP contribution >= 0.6 is 0 Å². The zero-order chi connectivity index (χ0) is 14.0. The highest BCUT2D eigenvalue weighted by atomic mass is 16.2. The third-order valence-electron chi connectivity index (χ3n) is 3.24. The molecule has 0 aliphatic carbocycles. The van der Waals surface area contributed by atoms with Crippen LogP contribution in [0.15, 0.2) is 0 Å². The van der Waals surface area contributed by atoms with Crippen LogP contribution in [0.2, 0.25) is 0 Å². The quantitative estimate of drug-likeness (QED) is 0.585. The van der Waals surface area contributed by atoms with Crippen molar-refractivity contribution in [1.29, 1.82) is 0 Å². The van der Waals surface area contributed by atoms with E-state index in [1.54, 1.807) is 0 Å². The number of hydrogen-bond acceptors (Lipinski definition) is 3. The zero-order valence-corrected chi connectivity index (χ0v) is 12.8. The maximum absolute atomic E-state index is 11.7. The van der Waals surface area contributed by atoms with Gasteiger partial charge in [-0.1, -0.05) is 20.8 Å². The number of hydrogen-bond donors (Lipinski definition) is 2. The molecule has 0 fully saturated rings. The molecule has 0 saturated heterocycles. The molecule has 0 radical (unpaired) electrons. The highest BCUT2D eigenvalue weighted by Crippen LogP contribution is 2.05. The highest BCUT2D eigenvalue weighted by molar-refractivity contribution is 5.78. The second-order valence-corrected chi connectivity index (χ2v) is 5.40. The average Bonchev–Trinajstić information content (AvgIpc) is 2.32. The first-order valence-electron chi connectivity index (χ1n) is 7.19. The number of rotatable bonds is 10. The summed E-state index contributed by atoms with van der Waals surface area (Å²) in [5.74, 6) is 0.0837. The predicted octanol–water partition coefficient (Wildman–Crippen LogP) is 1.61. The van der Waals surface area contributed by atoms with Gasteiger partial charge >= 0.3 is 0 Å². The summed E-state index contributed by atoms with van der Waals surface area (Å²) in [7, 11) is 0. The fraction of sp³-hybridized carbons (Fsp3) is 0.929. The Morgan fingerprint density at radius 1 is 1.17 bits per heavy atom. The molecule has 18 heavy (non-hydrogen) atoms. The summed E-state index contributed by atoms with van der Waals surface area (Å²) >= 11 is 0. The molecule has 0 bridgehead atoms. The van der Waals surface area contributed by atoms with Crippen molar-refractivity contribution in [2.24, 2.45) is 0 Å². The number of likely N-dealkylation sites (N-methyl/N-ethyl adjacent to an activating group) is 1. The third kappa shape index (κ3) is 8.48. The maximum atomic E-state index is 11.7. The molecular formula is C14H31N3O. The van der Waals surface area contributed by atoms with E-state index in [0.29, 0.717) is 6.54 Å². The summed E-state index contributed by atoms with van der Waals surface area (Å²) < 4.78 is 0. The minimum Gasteiger partial charge on any atom is -0.350 e. The van der Waals surface area contributed by atoms with Gasteiger partial charge in [-0.25, -0.2) is 0 Å². The first-order valence-corrected chi connectivity index (χ1v) is 7.19. The summed E-state index contributed by atoms with van der Waals surface area (Å²) in [5, 5.41) is 6.22. The van der Waals surface area contributed by atoms with E-state index in [4.69, 9.17) is 0 Å². The van der Waals surface area contributed by atoms with Crippen LogP contribution in [0.25, 0.3) is 0 Å². The fourth-order valence-corrected chi connectivity index (χ4v) is 1.69. The molecule has 0 spiro atoms. The topological polar surface area (TPSA) is 44.4 Å². The number of nitrogens with one attached hydrogen (secondary N) is 2. The van der Waals surface area contributed by atoms with Gasteiger partial charge in [0.15, 0.2) is 0 Å². The Bertz CT molecular complexity index is 229. The number of amides is 1. The van der Waals surface area contributed by atoms with Crippen LogP contribution in [-0.4, -0.2) is 49.1 Å². The summed E-state index contributed by atoms with van der Waals surface area (Å²) in [4.78, 5) is 14.1. The molecule has 0 unspecified atom stereocenters. The van der Waals surface area contributed by atoms with Crippen molar-refractivity contribution >= 4 is 5.91 Å². The van der Waals surface area contributed by atoms with E-state index in [1.165, 1.54) is 6.42 Å². The average molecular weight is 257 g/mol. The molecule has 0 rings (SSSR count). The lowest BCUT2D eigenvalue weighted by atomic mass is 10.0. The van der Waals surface area contributed by atoms with Crippen LogP contribution in [0, 0.1) is 0 Å². The van der Waals surface area contributed by atoms with Crippen LogP contribution < -0.4 is 10.6 Å². The van der Waals surface area contributed by atoms with Gasteiger partial charge in [0.2, 0.25) is 5.91 Å². The second-order valence-electron chi connectivity index (χ2n) is 5.40. The monoisotopic (exact) mass is 257 g/mol. The number of nitrogens with zero attached hydrogens (tertiary/aromatic N) is 1. The van der Waals surface area contributed by atoms with Gasteiger partial charge < -0.3 is 15.5 Å². The van der Waals surface area contributed by atoms with Crippen LogP contribution in [0.1, 0.15) is 47.5 Å². The van der Waals surface area contributed by atoms with Crippen LogP contribution in [0.3, 0.4) is 0 Å². The molecule has 108 valence electrons. The van der Waals surface area contributed by atoms with E-state index in [1.807, 2.05) is 13.8 Å². The molecule has 0 aromatic heterocycles. The molecule has 0 aromatic carbocycles. The van der Waals surface area contributed by atoms with Crippen molar-refractivity contribution in [1.82, 2.24) is 15.5 Å². The molecule has 0 atom stereocenters. The van der Waals surface area contributed by atoms with E-state index >= 15 is 0 Å². The Balaban J connectivity index is 3.68. The van der Waals surface area contributed by atoms with Crippen molar-refractivity contribution < 1.29 is 4.79 Å². The summed E-state index contributed by atoms with van der Waals surface area (Å²) in [6.45, 7) is 15.0. The summed E-state index contributed by atoms with van der Waals surface area (Å²) in [6, 6.07) is 0. The van der Waals surface area contributed by atoms with E-state index in [-0.39, 0.29) is 11.4 Å². The van der Waals surface area contributed by atoms with Gasteiger partial charge in [0, 0.05) is 18.6 Å². The van der Waals surface area contributed by atoms with E-state index < -0.39 is 0 Å². The maximum Gasteiger partial charge on any atom is 0.234 e. The van der Waals surface area contributed by atoms with Crippen LogP contribution in [-0.2, 0) is 4.79 Å². The van der Waals surface area contributed by atoms with Gasteiger partial charge in [0.1, 0.15) is 0 Å². The lowest BCUT2D eigenvalue weighted by molar-refractivity contribution is -0.121. The van der Waals surface area contributed by atoms with Gasteiger partial charge in [-0.15, -0.1) is 0 Å². The Morgan fingerprint density at radius 3 is 2.33 bits per heavy atom. The lowest BCUT2D eigenvalue weighted by Crippen LogP contribution is -2.47. The van der Waals surface area contributed by atoms with Gasteiger partial charge in [0.05, 0.1) is 6.54 Å². The summed E-state index contributed by atoms with van der Waals surface area (Å²) in [6.07, 6.45) is 2.12. The normalized spacial score (nSPS) is 11.9. The Labute approximate surface area is 113 Å². The van der Waals surface area contributed by atoms with Crippen molar-refractivity contribution in [2.75, 3.05) is 32.7 Å². The Kier molecular flexibility index (Phi) is 9.02. The van der Waals surface area contributed by atoms with Gasteiger partial charge in [0.25, 0.3) is 0 Å². The fourth-order valence-electron chi connectivity index (χ4n) is 1.69. The second kappa shape index (κ2) is 9.34. The Hall–Kier alpha value is -0.610. The minimum atomic E-state index is -0.101. The SMILES string of the molecule is CCCN(CC)CCNCC(=O)NC(C)(C)CC. The molecule has 0 aromatic rings. The van der Waals surface area contributed by atoms with Crippen molar-refractivity contribution in [3.63, 3.8) is 0 Å². The molecule has 4 nitrogen and oxygen atoms in total. The van der Waals surface area contributed by atoms with Crippen LogP contribution in [0.5, 0.6) is 0 Å². The molecule has 0 aliphatic rings. The first kappa shape index (κ1) is 17.4. The van der Waals surface area contributed by atoms with Crippen molar-refractivity contribution in [3.05, 3.63) is 0 Å². The van der Waals surface area contributed by atoms with E-state index in [9.17, 15) is 4.79 Å². The van der Waals surface area contributed by atoms with Gasteiger partial charge in [-0.05, 0) is 39.8 Å². The molecule has 0 aliphatic heterocycles. The third-order valence-corrected chi connectivity index (χ3v) is 3.24. The number of carbonyl (C=O) groups excluding carboxylic acids is 1. The highest BCUT2D eigenvalue weighted by Gasteiger charge is 2.16. The predicted molar refractivity (Wildman–Crippen MR) is 77.8 cm³/mol. The molecule has 0 heterocycles. The van der Waals surface area contributed by atoms with E-state index in [2.05, 4.69) is 36.3 Å². The Morgan fingerprint density at radius 2 is 1.83 bits per heavy atom. The van der Waals surface area contributed by atoms with Gasteiger partial charge in [-0.2, -0.15) is 0 Å². The van der Waals surface area contributed by atoms with Crippen molar-refractivity contribution in [2.45, 2.75) is 53.0 Å².